The Balaban J connectivity index is 1.33. The van der Waals surface area contributed by atoms with Gasteiger partial charge in [-0.3, -0.25) is 4.79 Å². The van der Waals surface area contributed by atoms with Crippen molar-refractivity contribution in [3.05, 3.63) is 30.5 Å². The van der Waals surface area contributed by atoms with E-state index in [1.807, 2.05) is 6.07 Å². The third-order valence-electron chi connectivity index (χ3n) is 5.39. The minimum atomic E-state index is -4.26. The first-order valence-corrected chi connectivity index (χ1v) is 9.79. The van der Waals surface area contributed by atoms with Crippen LogP contribution in [0.4, 0.5) is 13.2 Å². The highest BCUT2D eigenvalue weighted by Gasteiger charge is 2.29. The molecule has 4 rings (SSSR count). The normalized spacial score (nSPS) is 22.0. The van der Waals surface area contributed by atoms with Gasteiger partial charge in [-0.1, -0.05) is 6.07 Å². The van der Waals surface area contributed by atoms with E-state index < -0.39 is 12.7 Å². The second kappa shape index (κ2) is 8.23. The fourth-order valence-corrected chi connectivity index (χ4v) is 3.95. The summed E-state index contributed by atoms with van der Waals surface area (Å²) < 4.78 is 51.2. The summed E-state index contributed by atoms with van der Waals surface area (Å²) >= 11 is 0. The van der Waals surface area contributed by atoms with E-state index in [9.17, 15) is 18.0 Å². The number of carbonyl (C=O) groups excluding carboxylic acids is 1. The SMILES string of the molecule is O=C1COC(CN2CCC(Oc3cccc4c3ccn4CC(F)(F)F)CC2)CN1. The van der Waals surface area contributed by atoms with Gasteiger partial charge in [-0.2, -0.15) is 13.2 Å². The third kappa shape index (κ3) is 5.02. The van der Waals surface area contributed by atoms with Gasteiger partial charge in [-0.25, -0.2) is 0 Å². The van der Waals surface area contributed by atoms with Crippen LogP contribution in [0.1, 0.15) is 12.8 Å². The summed E-state index contributed by atoms with van der Waals surface area (Å²) in [5, 5.41) is 3.51. The fraction of sp³-hybridized carbons (Fsp3) is 0.550. The number of alkyl halides is 3. The van der Waals surface area contributed by atoms with Gasteiger partial charge in [0.15, 0.2) is 0 Å². The van der Waals surface area contributed by atoms with Crippen molar-refractivity contribution in [1.82, 2.24) is 14.8 Å². The molecule has 2 fully saturated rings. The van der Waals surface area contributed by atoms with Crippen LogP contribution in [0, 0.1) is 0 Å². The molecule has 1 unspecified atom stereocenters. The molecule has 0 saturated carbocycles. The number of likely N-dealkylation sites (tertiary alicyclic amines) is 1. The lowest BCUT2D eigenvalue weighted by Gasteiger charge is -2.35. The number of rotatable bonds is 5. The van der Waals surface area contributed by atoms with Crippen LogP contribution in [0.15, 0.2) is 30.5 Å². The maximum absolute atomic E-state index is 12.8. The van der Waals surface area contributed by atoms with Crippen LogP contribution in [0.5, 0.6) is 5.75 Å². The summed E-state index contributed by atoms with van der Waals surface area (Å²) in [6, 6.07) is 6.90. The zero-order valence-corrected chi connectivity index (χ0v) is 16.0. The highest BCUT2D eigenvalue weighted by Crippen LogP contribution is 2.31. The molecule has 0 spiro atoms. The zero-order chi connectivity index (χ0) is 20.4. The number of ether oxygens (including phenoxy) is 2. The summed E-state index contributed by atoms with van der Waals surface area (Å²) in [6.45, 7) is 2.10. The number of carbonyl (C=O) groups is 1. The summed E-state index contributed by atoms with van der Waals surface area (Å²) in [5.41, 5.74) is 0.522. The number of nitrogens with zero attached hydrogens (tertiary/aromatic N) is 2. The predicted octanol–water partition coefficient (Wildman–Crippen LogP) is 2.56. The van der Waals surface area contributed by atoms with Crippen molar-refractivity contribution in [2.75, 3.05) is 32.8 Å². The Morgan fingerprint density at radius 1 is 1.21 bits per heavy atom. The van der Waals surface area contributed by atoms with Gasteiger partial charge in [-0.15, -0.1) is 0 Å². The lowest BCUT2D eigenvalue weighted by molar-refractivity contribution is -0.140. The van der Waals surface area contributed by atoms with Crippen molar-refractivity contribution < 1.29 is 27.4 Å². The number of amides is 1. The highest BCUT2D eigenvalue weighted by atomic mass is 19.4. The highest BCUT2D eigenvalue weighted by molar-refractivity contribution is 5.86. The molecule has 0 aliphatic carbocycles. The lowest BCUT2D eigenvalue weighted by Crippen LogP contribution is -2.50. The van der Waals surface area contributed by atoms with E-state index in [0.717, 1.165) is 32.5 Å². The standard InChI is InChI=1S/C20H24F3N3O3/c21-20(22,23)13-26-9-6-16-17(26)2-1-3-18(16)29-14-4-7-25(8-5-14)11-15-10-24-19(27)12-28-15/h1-3,6,9,14-15H,4-5,7-8,10-13H2,(H,24,27). The van der Waals surface area contributed by atoms with Gasteiger partial charge < -0.3 is 24.3 Å². The largest absolute Gasteiger partial charge is 0.490 e. The molecule has 1 atom stereocenters. The van der Waals surface area contributed by atoms with Gasteiger partial charge in [0.1, 0.15) is 25.0 Å². The molecule has 2 aliphatic rings. The Morgan fingerprint density at radius 3 is 2.69 bits per heavy atom. The minimum absolute atomic E-state index is 0.00677. The van der Waals surface area contributed by atoms with Gasteiger partial charge >= 0.3 is 6.18 Å². The number of fused-ring (bicyclic) bond motifs is 1. The van der Waals surface area contributed by atoms with Crippen LogP contribution in [0.3, 0.4) is 0 Å². The summed E-state index contributed by atoms with van der Waals surface area (Å²) in [4.78, 5) is 13.5. The lowest BCUT2D eigenvalue weighted by atomic mass is 10.1. The molecule has 0 radical (unpaired) electrons. The maximum atomic E-state index is 12.8. The molecule has 2 saturated heterocycles. The second-order valence-electron chi connectivity index (χ2n) is 7.60. The Morgan fingerprint density at radius 2 is 2.00 bits per heavy atom. The van der Waals surface area contributed by atoms with E-state index in [1.54, 1.807) is 18.2 Å². The molecule has 0 bridgehead atoms. The average Bonchev–Trinajstić information content (AvgIpc) is 3.07. The number of piperidine rings is 1. The molecule has 2 aliphatic heterocycles. The van der Waals surface area contributed by atoms with E-state index in [0.29, 0.717) is 23.2 Å². The first-order valence-electron chi connectivity index (χ1n) is 9.79. The van der Waals surface area contributed by atoms with Crippen molar-refractivity contribution >= 4 is 16.8 Å². The van der Waals surface area contributed by atoms with E-state index in [2.05, 4.69) is 10.2 Å². The molecule has 2 aromatic rings. The predicted molar refractivity (Wildman–Crippen MR) is 101 cm³/mol. The molecule has 1 aromatic carbocycles. The molecule has 158 valence electrons. The van der Waals surface area contributed by atoms with Crippen LogP contribution in [-0.4, -0.2) is 66.5 Å². The van der Waals surface area contributed by atoms with Crippen molar-refractivity contribution in [3.8, 4) is 5.75 Å². The molecular formula is C20H24F3N3O3. The topological polar surface area (TPSA) is 55.7 Å². The molecule has 3 heterocycles. The Labute approximate surface area is 166 Å². The Bertz CT molecular complexity index is 850. The van der Waals surface area contributed by atoms with Crippen LogP contribution >= 0.6 is 0 Å². The number of morpholine rings is 1. The fourth-order valence-electron chi connectivity index (χ4n) is 3.95. The molecular weight excluding hydrogens is 387 g/mol. The monoisotopic (exact) mass is 411 g/mol. The first kappa shape index (κ1) is 20.0. The van der Waals surface area contributed by atoms with Gasteiger partial charge in [0, 0.05) is 37.8 Å². The third-order valence-corrected chi connectivity index (χ3v) is 5.39. The number of hydrogen-bond donors (Lipinski definition) is 1. The first-order chi connectivity index (χ1) is 13.9. The zero-order valence-electron chi connectivity index (χ0n) is 16.0. The van der Waals surface area contributed by atoms with E-state index in [-0.39, 0.29) is 24.7 Å². The van der Waals surface area contributed by atoms with Crippen molar-refractivity contribution in [1.29, 1.82) is 0 Å². The van der Waals surface area contributed by atoms with E-state index >= 15 is 0 Å². The van der Waals surface area contributed by atoms with Gasteiger partial charge in [-0.05, 0) is 31.0 Å². The molecule has 9 heteroatoms. The van der Waals surface area contributed by atoms with E-state index in [4.69, 9.17) is 9.47 Å². The number of hydrogen-bond acceptors (Lipinski definition) is 4. The van der Waals surface area contributed by atoms with Crippen LogP contribution in [-0.2, 0) is 16.1 Å². The Hall–Kier alpha value is -2.26. The molecule has 1 amide bonds. The van der Waals surface area contributed by atoms with E-state index in [1.165, 1.54) is 10.8 Å². The van der Waals surface area contributed by atoms with Gasteiger partial charge in [0.25, 0.3) is 0 Å². The van der Waals surface area contributed by atoms with Crippen LogP contribution in [0.2, 0.25) is 0 Å². The quantitative estimate of drug-likeness (QED) is 0.822. The van der Waals surface area contributed by atoms with Crippen LogP contribution in [0.25, 0.3) is 10.9 Å². The number of benzene rings is 1. The Kier molecular flexibility index (Phi) is 5.69. The van der Waals surface area contributed by atoms with Crippen molar-refractivity contribution in [2.45, 2.75) is 37.8 Å². The van der Waals surface area contributed by atoms with Crippen LogP contribution < -0.4 is 10.1 Å². The minimum Gasteiger partial charge on any atom is -0.490 e. The molecule has 6 nitrogen and oxygen atoms in total. The summed E-state index contributed by atoms with van der Waals surface area (Å²) in [6.07, 6.45) is -1.11. The number of nitrogens with one attached hydrogen (secondary N) is 1. The number of halogens is 3. The van der Waals surface area contributed by atoms with Gasteiger partial charge in [0.05, 0.1) is 11.6 Å². The second-order valence-corrected chi connectivity index (χ2v) is 7.60. The van der Waals surface area contributed by atoms with Crippen molar-refractivity contribution in [2.24, 2.45) is 0 Å². The van der Waals surface area contributed by atoms with Crippen molar-refractivity contribution in [3.63, 3.8) is 0 Å². The number of aromatic nitrogens is 1. The van der Waals surface area contributed by atoms with Gasteiger partial charge in [0.2, 0.25) is 5.91 Å². The smallest absolute Gasteiger partial charge is 0.406 e. The molecule has 1 N–H and O–H groups in total. The summed E-state index contributed by atoms with van der Waals surface area (Å²) in [7, 11) is 0. The maximum Gasteiger partial charge on any atom is 0.406 e. The molecule has 1 aromatic heterocycles. The average molecular weight is 411 g/mol. The molecule has 29 heavy (non-hydrogen) atoms. The summed E-state index contributed by atoms with van der Waals surface area (Å²) in [5.74, 6) is 0.548.